The van der Waals surface area contributed by atoms with Crippen LogP contribution in [0, 0.1) is 12.7 Å². The summed E-state index contributed by atoms with van der Waals surface area (Å²) in [5.41, 5.74) is 6.67. The van der Waals surface area contributed by atoms with Crippen LogP contribution in [0.4, 0.5) is 14.9 Å². The summed E-state index contributed by atoms with van der Waals surface area (Å²) < 4.78 is 14.4. The molecule has 0 spiro atoms. The van der Waals surface area contributed by atoms with Crippen LogP contribution in [0.1, 0.15) is 29.6 Å². The molecule has 3 rings (SSSR count). The largest absolute Gasteiger partial charge is 0.463 e. The van der Waals surface area contributed by atoms with E-state index >= 15 is 0 Å². The number of amidine groups is 1. The van der Waals surface area contributed by atoms with Gasteiger partial charge in [0.2, 0.25) is 0 Å². The zero-order valence-corrected chi connectivity index (χ0v) is 13.2. The lowest BCUT2D eigenvalue weighted by molar-refractivity contribution is 0.205. The standard InChI is InChI=1S/C16H16FN5O2/c1-8-19-7-10-13(20-8)6-16(2,22-14(10)21-15(23)24)11-5-9(18)3-4-12(11)17/h3-5,7H,6,18H2,1-2H3,(H,21,22)(H,23,24). The second-order valence-corrected chi connectivity index (χ2v) is 5.89. The van der Waals surface area contributed by atoms with E-state index in [2.05, 4.69) is 20.3 Å². The highest BCUT2D eigenvalue weighted by atomic mass is 19.1. The highest BCUT2D eigenvalue weighted by Gasteiger charge is 2.37. The molecule has 0 radical (unpaired) electrons. The van der Waals surface area contributed by atoms with Crippen LogP contribution in [-0.2, 0) is 12.0 Å². The van der Waals surface area contributed by atoms with E-state index < -0.39 is 17.4 Å². The molecule has 0 saturated heterocycles. The van der Waals surface area contributed by atoms with Gasteiger partial charge in [0, 0.05) is 23.9 Å². The Morgan fingerprint density at radius 1 is 1.50 bits per heavy atom. The smallest absolute Gasteiger partial charge is 0.433 e. The molecule has 0 saturated carbocycles. The first-order valence-corrected chi connectivity index (χ1v) is 7.27. The Hall–Kier alpha value is -3.03. The summed E-state index contributed by atoms with van der Waals surface area (Å²) in [6, 6.07) is 4.28. The number of aryl methyl sites for hydroxylation is 1. The molecule has 8 heteroatoms. The second kappa shape index (κ2) is 5.55. The number of fused-ring (bicyclic) bond motifs is 1. The normalized spacial score (nSPS) is 21.2. The van der Waals surface area contributed by atoms with Gasteiger partial charge in [-0.25, -0.2) is 19.2 Å². The van der Waals surface area contributed by atoms with Gasteiger partial charge < -0.3 is 16.2 Å². The summed E-state index contributed by atoms with van der Waals surface area (Å²) in [6.45, 7) is 3.48. The van der Waals surface area contributed by atoms with Crippen LogP contribution < -0.4 is 11.1 Å². The number of nitrogens with two attached hydrogens (primary N) is 1. The fourth-order valence-corrected chi connectivity index (χ4v) is 2.87. The lowest BCUT2D eigenvalue weighted by Crippen LogP contribution is -2.50. The van der Waals surface area contributed by atoms with Crippen molar-refractivity contribution in [3.05, 3.63) is 52.9 Å². The van der Waals surface area contributed by atoms with Gasteiger partial charge in [0.1, 0.15) is 17.5 Å². The Labute approximate surface area is 137 Å². The quantitative estimate of drug-likeness (QED) is 0.690. The van der Waals surface area contributed by atoms with Crippen molar-refractivity contribution in [1.29, 1.82) is 0 Å². The monoisotopic (exact) mass is 329 g/mol. The SMILES string of the molecule is Cc1ncc2c(n1)CC(C)(c1cc(N)ccc1F)N/C2=N\C(=O)O. The zero-order chi connectivity index (χ0) is 17.5. The number of halogens is 1. The molecule has 4 N–H and O–H groups in total. The number of carbonyl (C=O) groups is 1. The minimum absolute atomic E-state index is 0.0908. The lowest BCUT2D eigenvalue weighted by Gasteiger charge is -2.37. The molecule has 1 aliphatic rings. The number of amides is 1. The second-order valence-electron chi connectivity index (χ2n) is 5.89. The Morgan fingerprint density at radius 3 is 2.96 bits per heavy atom. The average molecular weight is 329 g/mol. The molecule has 1 atom stereocenters. The predicted molar refractivity (Wildman–Crippen MR) is 86.3 cm³/mol. The summed E-state index contributed by atoms with van der Waals surface area (Å²) in [5, 5.41) is 12.0. The van der Waals surface area contributed by atoms with Crippen molar-refractivity contribution in [3.8, 4) is 0 Å². The number of aromatic nitrogens is 2. The van der Waals surface area contributed by atoms with Gasteiger partial charge in [-0.2, -0.15) is 4.99 Å². The minimum atomic E-state index is -1.36. The number of hydrogen-bond donors (Lipinski definition) is 3. The van der Waals surface area contributed by atoms with Crippen LogP contribution in [0.25, 0.3) is 0 Å². The average Bonchev–Trinajstić information content (AvgIpc) is 2.48. The number of nitrogen functional groups attached to an aromatic ring is 1. The highest BCUT2D eigenvalue weighted by molar-refractivity contribution is 6.05. The van der Waals surface area contributed by atoms with Gasteiger partial charge in [-0.15, -0.1) is 0 Å². The van der Waals surface area contributed by atoms with Gasteiger partial charge in [-0.1, -0.05) is 0 Å². The molecule has 1 unspecified atom stereocenters. The first-order valence-electron chi connectivity index (χ1n) is 7.27. The van der Waals surface area contributed by atoms with Crippen LogP contribution in [-0.4, -0.2) is 27.0 Å². The van der Waals surface area contributed by atoms with Crippen LogP contribution in [0.3, 0.4) is 0 Å². The fraction of sp³-hybridized carbons (Fsp3) is 0.250. The molecule has 2 aromatic rings. The first-order chi connectivity index (χ1) is 11.3. The van der Waals surface area contributed by atoms with E-state index in [4.69, 9.17) is 10.8 Å². The van der Waals surface area contributed by atoms with Crippen molar-refractivity contribution < 1.29 is 14.3 Å². The Kier molecular flexibility index (Phi) is 3.67. The number of nitrogens with one attached hydrogen (secondary N) is 1. The Morgan fingerprint density at radius 2 is 2.25 bits per heavy atom. The van der Waals surface area contributed by atoms with Gasteiger partial charge in [-0.3, -0.25) is 0 Å². The number of hydrogen-bond acceptors (Lipinski definition) is 4. The van der Waals surface area contributed by atoms with Crippen molar-refractivity contribution in [2.45, 2.75) is 25.8 Å². The van der Waals surface area contributed by atoms with E-state index in [1.807, 2.05) is 0 Å². The lowest BCUT2D eigenvalue weighted by atomic mass is 9.82. The predicted octanol–water partition coefficient (Wildman–Crippen LogP) is 1.99. The first kappa shape index (κ1) is 15.9. The molecule has 1 amide bonds. The maximum absolute atomic E-state index is 14.4. The van der Waals surface area contributed by atoms with E-state index in [0.29, 0.717) is 34.8 Å². The number of nitrogens with zero attached hydrogens (tertiary/aromatic N) is 3. The van der Waals surface area contributed by atoms with Crippen molar-refractivity contribution in [3.63, 3.8) is 0 Å². The highest BCUT2D eigenvalue weighted by Crippen LogP contribution is 2.33. The minimum Gasteiger partial charge on any atom is -0.463 e. The van der Waals surface area contributed by atoms with Crippen LogP contribution in [0.5, 0.6) is 0 Å². The van der Waals surface area contributed by atoms with E-state index in [1.54, 1.807) is 13.8 Å². The summed E-state index contributed by atoms with van der Waals surface area (Å²) in [6.07, 6.45) is 0.494. The molecule has 0 bridgehead atoms. The molecule has 124 valence electrons. The summed E-state index contributed by atoms with van der Waals surface area (Å²) in [4.78, 5) is 23.1. The van der Waals surface area contributed by atoms with Gasteiger partial charge in [-0.05, 0) is 32.0 Å². The maximum atomic E-state index is 14.4. The third-order valence-corrected chi connectivity index (χ3v) is 3.95. The van der Waals surface area contributed by atoms with E-state index in [9.17, 15) is 9.18 Å². The van der Waals surface area contributed by atoms with Crippen molar-refractivity contribution in [2.24, 2.45) is 4.99 Å². The van der Waals surface area contributed by atoms with Crippen molar-refractivity contribution in [1.82, 2.24) is 15.3 Å². The molecule has 1 aliphatic heterocycles. The summed E-state index contributed by atoms with van der Waals surface area (Å²) in [5.74, 6) is 0.192. The molecule has 0 aliphatic carbocycles. The molecular formula is C16H16FN5O2. The zero-order valence-electron chi connectivity index (χ0n) is 13.2. The summed E-state index contributed by atoms with van der Waals surface area (Å²) >= 11 is 0. The van der Waals surface area contributed by atoms with Crippen LogP contribution in [0.2, 0.25) is 0 Å². The van der Waals surface area contributed by atoms with Crippen LogP contribution in [0.15, 0.2) is 29.4 Å². The molecule has 24 heavy (non-hydrogen) atoms. The number of aliphatic imine (C=N–C) groups is 1. The number of benzene rings is 1. The van der Waals surface area contributed by atoms with E-state index in [1.165, 1.54) is 24.4 Å². The Bertz CT molecular complexity index is 868. The fourth-order valence-electron chi connectivity index (χ4n) is 2.87. The summed E-state index contributed by atoms with van der Waals surface area (Å²) in [7, 11) is 0. The van der Waals surface area contributed by atoms with Gasteiger partial charge >= 0.3 is 6.09 Å². The Balaban J connectivity index is 2.18. The van der Waals surface area contributed by atoms with Gasteiger partial charge in [0.15, 0.2) is 0 Å². The molecule has 7 nitrogen and oxygen atoms in total. The molecule has 1 aromatic heterocycles. The van der Waals surface area contributed by atoms with Crippen molar-refractivity contribution in [2.75, 3.05) is 5.73 Å². The number of anilines is 1. The number of rotatable bonds is 1. The molecule has 1 aromatic carbocycles. The topological polar surface area (TPSA) is 113 Å². The third-order valence-electron chi connectivity index (χ3n) is 3.95. The van der Waals surface area contributed by atoms with Crippen LogP contribution >= 0.6 is 0 Å². The maximum Gasteiger partial charge on any atom is 0.433 e. The number of carboxylic acid groups (broad SMARTS) is 1. The van der Waals surface area contributed by atoms with E-state index in [-0.39, 0.29) is 5.84 Å². The van der Waals surface area contributed by atoms with Crippen molar-refractivity contribution >= 4 is 17.6 Å². The van der Waals surface area contributed by atoms with E-state index in [0.717, 1.165) is 0 Å². The van der Waals surface area contributed by atoms with Gasteiger partial charge in [0.25, 0.3) is 0 Å². The molecule has 2 heterocycles. The molecule has 0 fully saturated rings. The third kappa shape index (κ3) is 2.78. The van der Waals surface area contributed by atoms with Gasteiger partial charge in [0.05, 0.1) is 16.8 Å². The molecular weight excluding hydrogens is 313 g/mol.